The van der Waals surface area contributed by atoms with Crippen LogP contribution in [0.25, 0.3) is 0 Å². The molecule has 0 aliphatic heterocycles. The van der Waals surface area contributed by atoms with Crippen molar-refractivity contribution in [2.45, 2.75) is 42.9 Å². The Morgan fingerprint density at radius 3 is 2.35 bits per heavy atom. The van der Waals surface area contributed by atoms with E-state index in [0.29, 0.717) is 5.92 Å². The number of sulfonamides is 1. The molecule has 1 aliphatic carbocycles. The van der Waals surface area contributed by atoms with E-state index in [0.717, 1.165) is 0 Å². The van der Waals surface area contributed by atoms with Gasteiger partial charge in [0.2, 0.25) is 10.0 Å². The SMILES string of the molecule is C=C(Cl)CNS(=O)(=O)c1ccc(C2CCCCC2)cc1. The Morgan fingerprint density at radius 2 is 1.80 bits per heavy atom. The lowest BCUT2D eigenvalue weighted by molar-refractivity contribution is 0.443. The van der Waals surface area contributed by atoms with Gasteiger partial charge >= 0.3 is 0 Å². The molecule has 110 valence electrons. The predicted octanol–water partition coefficient (Wildman–Crippen LogP) is 3.77. The first-order valence-corrected chi connectivity index (χ1v) is 8.78. The van der Waals surface area contributed by atoms with Crippen molar-refractivity contribution in [3.63, 3.8) is 0 Å². The molecule has 1 N–H and O–H groups in total. The van der Waals surface area contributed by atoms with Gasteiger partial charge in [0.25, 0.3) is 0 Å². The molecule has 0 heterocycles. The van der Waals surface area contributed by atoms with Gasteiger partial charge in [-0.1, -0.05) is 49.6 Å². The zero-order valence-corrected chi connectivity index (χ0v) is 13.0. The van der Waals surface area contributed by atoms with E-state index < -0.39 is 10.0 Å². The topological polar surface area (TPSA) is 46.2 Å². The molecule has 5 heteroatoms. The maximum absolute atomic E-state index is 12.0. The van der Waals surface area contributed by atoms with Crippen molar-refractivity contribution in [3.8, 4) is 0 Å². The molecular formula is C15H20ClNO2S. The van der Waals surface area contributed by atoms with Gasteiger partial charge in [0.15, 0.2) is 0 Å². The lowest BCUT2D eigenvalue weighted by Crippen LogP contribution is -2.24. The highest BCUT2D eigenvalue weighted by atomic mass is 35.5. The van der Waals surface area contributed by atoms with Crippen LogP contribution < -0.4 is 4.72 Å². The molecule has 0 atom stereocenters. The molecule has 2 rings (SSSR count). The van der Waals surface area contributed by atoms with Crippen LogP contribution in [-0.4, -0.2) is 15.0 Å². The lowest BCUT2D eigenvalue weighted by Gasteiger charge is -2.22. The van der Waals surface area contributed by atoms with Gasteiger partial charge in [0.05, 0.1) is 4.90 Å². The van der Waals surface area contributed by atoms with Gasteiger partial charge in [-0.3, -0.25) is 0 Å². The highest BCUT2D eigenvalue weighted by molar-refractivity contribution is 7.89. The lowest BCUT2D eigenvalue weighted by atomic mass is 9.84. The maximum Gasteiger partial charge on any atom is 0.240 e. The molecule has 0 aromatic heterocycles. The van der Waals surface area contributed by atoms with Gasteiger partial charge in [-0.2, -0.15) is 0 Å². The fourth-order valence-corrected chi connectivity index (χ4v) is 3.78. The van der Waals surface area contributed by atoms with E-state index in [-0.39, 0.29) is 16.5 Å². The number of hydrogen-bond acceptors (Lipinski definition) is 2. The minimum Gasteiger partial charge on any atom is -0.207 e. The summed E-state index contributed by atoms with van der Waals surface area (Å²) in [6, 6.07) is 7.20. The molecule has 0 radical (unpaired) electrons. The van der Waals surface area contributed by atoms with Crippen molar-refractivity contribution in [2.75, 3.05) is 6.54 Å². The monoisotopic (exact) mass is 313 g/mol. The molecule has 1 aromatic rings. The zero-order valence-electron chi connectivity index (χ0n) is 11.4. The number of nitrogens with one attached hydrogen (secondary N) is 1. The highest BCUT2D eigenvalue weighted by Crippen LogP contribution is 2.32. The van der Waals surface area contributed by atoms with E-state index in [9.17, 15) is 8.42 Å². The van der Waals surface area contributed by atoms with Crippen molar-refractivity contribution in [1.29, 1.82) is 0 Å². The van der Waals surface area contributed by atoms with E-state index in [1.54, 1.807) is 12.1 Å². The molecule has 1 fully saturated rings. The van der Waals surface area contributed by atoms with Crippen molar-refractivity contribution in [1.82, 2.24) is 4.72 Å². The summed E-state index contributed by atoms with van der Waals surface area (Å²) < 4.78 is 26.4. The van der Waals surface area contributed by atoms with E-state index >= 15 is 0 Å². The van der Waals surface area contributed by atoms with Crippen LogP contribution in [0, 0.1) is 0 Å². The molecule has 1 saturated carbocycles. The number of halogens is 1. The van der Waals surface area contributed by atoms with Gasteiger partial charge in [-0.25, -0.2) is 13.1 Å². The first-order chi connectivity index (χ1) is 9.49. The Hall–Kier alpha value is -0.840. The van der Waals surface area contributed by atoms with Crippen LogP contribution in [0.5, 0.6) is 0 Å². The minimum atomic E-state index is -3.50. The van der Waals surface area contributed by atoms with Crippen LogP contribution in [0.3, 0.4) is 0 Å². The van der Waals surface area contributed by atoms with Gasteiger partial charge in [0, 0.05) is 11.6 Å². The predicted molar refractivity (Wildman–Crippen MR) is 82.4 cm³/mol. The van der Waals surface area contributed by atoms with Gasteiger partial charge < -0.3 is 0 Å². The maximum atomic E-state index is 12.0. The third kappa shape index (κ3) is 4.08. The van der Waals surface area contributed by atoms with Crippen molar-refractivity contribution in [3.05, 3.63) is 41.4 Å². The smallest absolute Gasteiger partial charge is 0.207 e. The Morgan fingerprint density at radius 1 is 1.20 bits per heavy atom. The Labute approximate surface area is 126 Å². The third-order valence-corrected chi connectivity index (χ3v) is 5.27. The zero-order chi connectivity index (χ0) is 14.6. The van der Waals surface area contributed by atoms with E-state index in [1.807, 2.05) is 12.1 Å². The number of benzene rings is 1. The van der Waals surface area contributed by atoms with E-state index in [1.165, 1.54) is 37.7 Å². The molecule has 0 amide bonds. The second kappa shape index (κ2) is 6.74. The quantitative estimate of drug-likeness (QED) is 0.899. The average molecular weight is 314 g/mol. The molecule has 0 bridgehead atoms. The van der Waals surface area contributed by atoms with Crippen LogP contribution in [0.2, 0.25) is 0 Å². The molecule has 20 heavy (non-hydrogen) atoms. The largest absolute Gasteiger partial charge is 0.240 e. The van der Waals surface area contributed by atoms with Gasteiger partial charge in [0.1, 0.15) is 0 Å². The normalized spacial score (nSPS) is 17.1. The molecule has 0 spiro atoms. The second-order valence-electron chi connectivity index (χ2n) is 5.25. The Bertz CT molecular complexity index is 560. The summed E-state index contributed by atoms with van der Waals surface area (Å²) in [7, 11) is -3.50. The molecule has 0 saturated heterocycles. The fourth-order valence-electron chi connectivity index (χ4n) is 2.61. The summed E-state index contributed by atoms with van der Waals surface area (Å²) in [4.78, 5) is 0.273. The highest BCUT2D eigenvalue weighted by Gasteiger charge is 2.17. The van der Waals surface area contributed by atoms with Crippen LogP contribution >= 0.6 is 11.6 Å². The molecule has 0 unspecified atom stereocenters. The molecule has 1 aliphatic rings. The summed E-state index contributed by atoms with van der Waals surface area (Å²) in [5.41, 5.74) is 1.24. The standard InChI is InChI=1S/C15H20ClNO2S/c1-12(16)11-17-20(18,19)15-9-7-14(8-10-15)13-5-3-2-4-6-13/h7-10,13,17H,1-6,11H2. The van der Waals surface area contributed by atoms with E-state index in [2.05, 4.69) is 11.3 Å². The van der Waals surface area contributed by atoms with Gasteiger partial charge in [-0.15, -0.1) is 0 Å². The number of rotatable bonds is 5. The molecular weight excluding hydrogens is 294 g/mol. The molecule has 1 aromatic carbocycles. The summed E-state index contributed by atoms with van der Waals surface area (Å²) in [5, 5.41) is 0.271. The van der Waals surface area contributed by atoms with Crippen LogP contribution in [0.15, 0.2) is 40.8 Å². The van der Waals surface area contributed by atoms with E-state index in [4.69, 9.17) is 11.6 Å². The summed E-state index contributed by atoms with van der Waals surface area (Å²) in [6.45, 7) is 3.52. The first kappa shape index (κ1) is 15.5. The minimum absolute atomic E-state index is 0.0499. The van der Waals surface area contributed by atoms with Gasteiger partial charge in [-0.05, 0) is 36.5 Å². The van der Waals surface area contributed by atoms with Crippen molar-refractivity contribution in [2.24, 2.45) is 0 Å². The van der Waals surface area contributed by atoms with Crippen LogP contribution in [0.1, 0.15) is 43.6 Å². The first-order valence-electron chi connectivity index (χ1n) is 6.92. The second-order valence-corrected chi connectivity index (χ2v) is 7.55. The summed E-state index contributed by atoms with van der Waals surface area (Å²) in [5.74, 6) is 0.580. The fraction of sp³-hybridized carbons (Fsp3) is 0.467. The van der Waals surface area contributed by atoms with Crippen molar-refractivity contribution < 1.29 is 8.42 Å². The Balaban J connectivity index is 2.09. The van der Waals surface area contributed by atoms with Crippen LogP contribution in [-0.2, 0) is 10.0 Å². The summed E-state index contributed by atoms with van der Waals surface area (Å²) in [6.07, 6.45) is 6.26. The Kier molecular flexibility index (Phi) is 5.24. The number of hydrogen-bond donors (Lipinski definition) is 1. The van der Waals surface area contributed by atoms with Crippen LogP contribution in [0.4, 0.5) is 0 Å². The van der Waals surface area contributed by atoms with Crippen molar-refractivity contribution >= 4 is 21.6 Å². The molecule has 3 nitrogen and oxygen atoms in total. The summed E-state index contributed by atoms with van der Waals surface area (Å²) >= 11 is 5.58. The average Bonchev–Trinajstić information content (AvgIpc) is 2.46. The third-order valence-electron chi connectivity index (χ3n) is 3.72.